The van der Waals surface area contributed by atoms with Crippen molar-refractivity contribution in [1.29, 1.82) is 5.26 Å². The van der Waals surface area contributed by atoms with Crippen LogP contribution in [0.3, 0.4) is 0 Å². The largest absolute Gasteiger partial charge is 0.445 e. The van der Waals surface area contributed by atoms with Crippen LogP contribution >= 0.6 is 15.9 Å². The van der Waals surface area contributed by atoms with Crippen molar-refractivity contribution < 1.29 is 66.8 Å². The van der Waals surface area contributed by atoms with Gasteiger partial charge in [0.2, 0.25) is 41.4 Å². The second-order valence-corrected chi connectivity index (χ2v) is 20.1. The first kappa shape index (κ1) is 65.3. The van der Waals surface area contributed by atoms with E-state index in [-0.39, 0.29) is 100 Å². The van der Waals surface area contributed by atoms with E-state index < -0.39 is 60.7 Å². The van der Waals surface area contributed by atoms with Crippen LogP contribution in [0.1, 0.15) is 51.0 Å². The number of halogens is 1. The highest BCUT2D eigenvalue weighted by Gasteiger charge is 2.38. The van der Waals surface area contributed by atoms with Crippen LogP contribution in [-0.2, 0) is 63.9 Å². The molecule has 0 radical (unpaired) electrons. The molecule has 0 saturated carbocycles. The van der Waals surface area contributed by atoms with Crippen LogP contribution in [0.25, 0.3) is 11.0 Å². The van der Waals surface area contributed by atoms with Gasteiger partial charge in [-0.1, -0.05) is 35.0 Å². The van der Waals surface area contributed by atoms with Gasteiger partial charge in [0.05, 0.1) is 88.6 Å². The van der Waals surface area contributed by atoms with Crippen molar-refractivity contribution in [2.45, 2.75) is 70.2 Å². The fourth-order valence-electron chi connectivity index (χ4n) is 9.00. The number of carbonyl (C=O) groups excluding carboxylic acids is 9. The summed E-state index contributed by atoms with van der Waals surface area (Å²) in [7, 11) is 5.04. The zero-order valence-electron chi connectivity index (χ0n) is 46.8. The molecule has 3 aromatic rings. The molecular weight excluding hydrogens is 1140 g/mol. The number of hydrogen-bond acceptors (Lipinski definition) is 18. The Morgan fingerprint density at radius 2 is 1.50 bits per heavy atom. The van der Waals surface area contributed by atoms with E-state index in [4.69, 9.17) is 34.7 Å². The molecule has 2 aromatic heterocycles. The molecule has 6 N–H and O–H groups in total. The molecule has 448 valence electrons. The summed E-state index contributed by atoms with van der Waals surface area (Å²) < 4.78 is 28.6. The van der Waals surface area contributed by atoms with E-state index in [0.29, 0.717) is 87.2 Å². The Kier molecular flexibility index (Phi) is 27.1. The summed E-state index contributed by atoms with van der Waals surface area (Å²) in [6.07, 6.45) is 3.08. The number of rotatable bonds is 32. The van der Waals surface area contributed by atoms with E-state index >= 15 is 0 Å². The van der Waals surface area contributed by atoms with E-state index in [9.17, 15) is 43.2 Å². The minimum atomic E-state index is -1.32. The topological polar surface area (TPSA) is 345 Å². The average molecular weight is 1210 g/mol. The lowest BCUT2D eigenvalue weighted by molar-refractivity contribution is -0.142. The smallest absolute Gasteiger partial charge is 0.409 e. The van der Waals surface area contributed by atoms with Crippen molar-refractivity contribution in [3.8, 4) is 6.07 Å². The molecule has 2 aliphatic heterocycles. The fraction of sp³-hybridized carbons (Fsp3) is 0.585. The van der Waals surface area contributed by atoms with Crippen LogP contribution < -0.4 is 31.9 Å². The number of nitrogens with two attached hydrogens (primary N) is 1. The lowest BCUT2D eigenvalue weighted by atomic mass is 9.92. The zero-order valence-corrected chi connectivity index (χ0v) is 48.4. The van der Waals surface area contributed by atoms with Gasteiger partial charge in [-0.15, -0.1) is 0 Å². The number of nitrogens with zero attached hydrogens (tertiary/aromatic N) is 9. The number of aromatic nitrogens is 3. The molecule has 28 nitrogen and oxygen atoms in total. The molecule has 5 rings (SSSR count). The molecule has 4 unspecified atom stereocenters. The highest BCUT2D eigenvalue weighted by molar-refractivity contribution is 9.09. The van der Waals surface area contributed by atoms with Crippen molar-refractivity contribution in [3.63, 3.8) is 0 Å². The van der Waals surface area contributed by atoms with Crippen LogP contribution in [0.15, 0.2) is 42.9 Å². The lowest BCUT2D eigenvalue weighted by Crippen LogP contribution is -2.54. The summed E-state index contributed by atoms with van der Waals surface area (Å²) in [5.41, 5.74) is 6.83. The predicted molar refractivity (Wildman–Crippen MR) is 300 cm³/mol. The molecule has 4 heterocycles. The third-order valence-electron chi connectivity index (χ3n) is 13.6. The number of hydrogen-bond donors (Lipinski definition) is 5. The number of ether oxygens (including phenoxy) is 5. The predicted octanol–water partition coefficient (Wildman–Crippen LogP) is 0.560. The first-order valence-corrected chi connectivity index (χ1v) is 28.1. The summed E-state index contributed by atoms with van der Waals surface area (Å²) in [6.45, 7) is 5.69. The summed E-state index contributed by atoms with van der Waals surface area (Å²) in [5.74, 6) is -2.72. The van der Waals surface area contributed by atoms with Gasteiger partial charge in [0, 0.05) is 78.7 Å². The molecule has 2 aliphatic rings. The lowest BCUT2D eigenvalue weighted by Gasteiger charge is -2.42. The molecule has 2 fully saturated rings. The van der Waals surface area contributed by atoms with Crippen LogP contribution in [0.2, 0.25) is 0 Å². The quantitative estimate of drug-likeness (QED) is 0.0421. The Balaban J connectivity index is 0.970. The van der Waals surface area contributed by atoms with Crippen LogP contribution in [0, 0.1) is 17.2 Å². The first-order valence-electron chi connectivity index (χ1n) is 26.9. The standard InChI is InChI=1S/C53H75BrN14O14/c1-36-12-18-66(47(73)11-15-55)33-42(36)65(4)48-39-13-19-68(49(39)60-35-59-48)52(76)63(2)20-21-64(3)53(77)82-34-37-7-9-38(10-8-37)61-46(72)32-58-50(74)41-6-5-17-67(41)51(75)40(30-43(56)69)62-44(70)14-22-78-24-26-80-28-29-81-27-25-79-23-16-57-45(71)31-54/h7-10,13,19,35-36,40-42H,5-6,11-12,14,16-18,20-34H2,1-4H3,(H2,56,69)(H,57,71)(H,58,74)(H,61,72)(H,62,70). The van der Waals surface area contributed by atoms with Gasteiger partial charge < -0.3 is 75.2 Å². The number of nitriles is 1. The number of likely N-dealkylation sites (N-methyl/N-ethyl adjacent to an activating group) is 3. The molecule has 0 bridgehead atoms. The number of carbonyl (C=O) groups is 9. The number of benzene rings is 1. The van der Waals surface area contributed by atoms with Gasteiger partial charge in [-0.25, -0.2) is 19.6 Å². The Labute approximate surface area is 484 Å². The third kappa shape index (κ3) is 20.5. The van der Waals surface area contributed by atoms with Crippen molar-refractivity contribution in [2.24, 2.45) is 11.7 Å². The van der Waals surface area contributed by atoms with Gasteiger partial charge in [0.15, 0.2) is 5.65 Å². The van der Waals surface area contributed by atoms with Gasteiger partial charge in [-0.05, 0) is 48.9 Å². The molecule has 2 saturated heterocycles. The number of nitrogens with one attached hydrogen (secondary N) is 4. The van der Waals surface area contributed by atoms with Gasteiger partial charge in [0.25, 0.3) is 0 Å². The summed E-state index contributed by atoms with van der Waals surface area (Å²) in [6, 6.07) is 7.44. The third-order valence-corrected chi connectivity index (χ3v) is 14.1. The van der Waals surface area contributed by atoms with E-state index in [0.717, 1.165) is 6.42 Å². The fourth-order valence-corrected chi connectivity index (χ4v) is 9.20. The summed E-state index contributed by atoms with van der Waals surface area (Å²) in [4.78, 5) is 132. The highest BCUT2D eigenvalue weighted by atomic mass is 79.9. The maximum absolute atomic E-state index is 13.7. The Bertz CT molecular complexity index is 2690. The maximum Gasteiger partial charge on any atom is 0.409 e. The number of likely N-dealkylation sites (tertiary alicyclic amines) is 2. The molecule has 4 atom stereocenters. The highest BCUT2D eigenvalue weighted by Crippen LogP contribution is 2.30. The van der Waals surface area contributed by atoms with E-state index in [1.54, 1.807) is 55.5 Å². The maximum atomic E-state index is 13.7. The normalized spacial score (nSPS) is 16.1. The van der Waals surface area contributed by atoms with Gasteiger partial charge in [-0.2, -0.15) is 5.26 Å². The van der Waals surface area contributed by atoms with Gasteiger partial charge in [-0.3, -0.25) is 38.1 Å². The number of amides is 9. The second-order valence-electron chi connectivity index (χ2n) is 19.5. The molecular formula is C53H75BrN14O14. The van der Waals surface area contributed by atoms with Crippen LogP contribution in [-0.4, -0.2) is 231 Å². The SMILES string of the molecule is CC1CCN(C(=O)CC#N)CC1N(C)c1ncnc2c1ccn2C(=O)N(C)CCN(C)C(=O)OCc1ccc(NC(=O)CNC(=O)C2CCCN2C(=O)C(CC(N)=O)NC(=O)CCOCCOCCOCCOCCNC(=O)CBr)cc1. The number of primary amides is 1. The molecule has 9 amide bonds. The number of anilines is 2. The second kappa shape index (κ2) is 34.0. The molecule has 0 aliphatic carbocycles. The Hall–Kier alpha value is -7.52. The monoisotopic (exact) mass is 1210 g/mol. The number of piperidine rings is 1. The number of fused-ring (bicyclic) bond motifs is 1. The average Bonchev–Trinajstić information content (AvgIpc) is 4.25. The minimum Gasteiger partial charge on any atom is -0.445 e. The van der Waals surface area contributed by atoms with Crippen molar-refractivity contribution in [2.75, 3.05) is 135 Å². The molecule has 0 spiro atoms. The molecule has 82 heavy (non-hydrogen) atoms. The Morgan fingerprint density at radius 1 is 0.829 bits per heavy atom. The van der Waals surface area contributed by atoms with Crippen LogP contribution in [0.4, 0.5) is 21.1 Å². The van der Waals surface area contributed by atoms with Crippen molar-refractivity contribution in [3.05, 3.63) is 48.4 Å². The van der Waals surface area contributed by atoms with E-state index in [2.05, 4.69) is 54.1 Å². The van der Waals surface area contributed by atoms with Crippen molar-refractivity contribution in [1.82, 2.24) is 50.1 Å². The molecule has 29 heteroatoms. The zero-order chi connectivity index (χ0) is 59.6. The minimum absolute atomic E-state index is 0.00524. The van der Waals surface area contributed by atoms with E-state index in [1.807, 2.05) is 18.0 Å². The van der Waals surface area contributed by atoms with E-state index in [1.165, 1.54) is 25.6 Å². The van der Waals surface area contributed by atoms with Gasteiger partial charge >= 0.3 is 12.1 Å². The molecule has 1 aromatic carbocycles. The summed E-state index contributed by atoms with van der Waals surface area (Å²) >= 11 is 3.06. The van der Waals surface area contributed by atoms with Crippen molar-refractivity contribution >= 4 is 91.9 Å². The Morgan fingerprint density at radius 3 is 2.17 bits per heavy atom. The first-order chi connectivity index (χ1) is 39.4. The summed E-state index contributed by atoms with van der Waals surface area (Å²) in [5, 5.41) is 20.4. The van der Waals surface area contributed by atoms with Crippen LogP contribution in [0.5, 0.6) is 0 Å². The van der Waals surface area contributed by atoms with Gasteiger partial charge in [0.1, 0.15) is 37.3 Å². The number of alkyl halides is 1.